The Kier molecular flexibility index (Phi) is 9.38. The zero-order valence-corrected chi connectivity index (χ0v) is 21.6. The van der Waals surface area contributed by atoms with E-state index in [1.54, 1.807) is 23.3 Å². The summed E-state index contributed by atoms with van der Waals surface area (Å²) in [6.07, 6.45) is 11.0. The molecule has 2 aliphatic rings. The summed E-state index contributed by atoms with van der Waals surface area (Å²) >= 11 is 1.80. The summed E-state index contributed by atoms with van der Waals surface area (Å²) in [5.74, 6) is 0. The Labute approximate surface area is 187 Å². The first-order valence-corrected chi connectivity index (χ1v) is 15.6. The molecule has 0 amide bonds. The van der Waals surface area contributed by atoms with Gasteiger partial charge in [-0.15, -0.1) is 17.5 Å². The molecule has 0 nitrogen and oxygen atoms in total. The number of aryl methyl sites for hydroxylation is 2. The third kappa shape index (κ3) is 6.82. The Morgan fingerprint density at radius 2 is 1.64 bits per heavy atom. The van der Waals surface area contributed by atoms with Crippen molar-refractivity contribution in [3.05, 3.63) is 83.0 Å². The van der Waals surface area contributed by atoms with Crippen LogP contribution >= 0.6 is 0 Å². The third-order valence-electron chi connectivity index (χ3n) is 4.92. The second-order valence-electron chi connectivity index (χ2n) is 8.14. The number of hydrogen-bond donors (Lipinski definition) is 0. The average molecular weight is 464 g/mol. The molecule has 2 aliphatic carbocycles. The minimum Gasteiger partial charge on any atom is -0.273 e. The Morgan fingerprint density at radius 1 is 0.964 bits per heavy atom. The number of fused-ring (bicyclic) bond motifs is 3. The van der Waals surface area contributed by atoms with Gasteiger partial charge in [-0.1, -0.05) is 36.2 Å². The van der Waals surface area contributed by atoms with E-state index in [0.29, 0.717) is 0 Å². The molecule has 0 aliphatic heterocycles. The second-order valence-corrected chi connectivity index (χ2v) is 15.6. The molecule has 28 heavy (non-hydrogen) atoms. The first kappa shape index (κ1) is 23.3. The van der Waals surface area contributed by atoms with Crippen molar-refractivity contribution in [1.82, 2.24) is 0 Å². The van der Waals surface area contributed by atoms with E-state index in [2.05, 4.69) is 90.1 Å². The predicted molar refractivity (Wildman–Crippen MR) is 121 cm³/mol. The second kappa shape index (κ2) is 11.3. The van der Waals surface area contributed by atoms with Gasteiger partial charge >= 0.3 is 67.5 Å². The molecule has 0 atom stereocenters. The van der Waals surface area contributed by atoms with Crippen LogP contribution in [0, 0.1) is 26.0 Å². The molecule has 0 N–H and O–H groups in total. The van der Waals surface area contributed by atoms with Crippen molar-refractivity contribution in [2.24, 2.45) is 0 Å². The largest absolute Gasteiger partial charge is 0.273 e. The van der Waals surface area contributed by atoms with Crippen LogP contribution in [0.5, 0.6) is 0 Å². The van der Waals surface area contributed by atoms with E-state index in [4.69, 9.17) is 0 Å². The average Bonchev–Trinajstić information content (AvgIpc) is 3.31. The Bertz CT molecular complexity index is 802. The molecule has 0 radical (unpaired) electrons. The molecule has 0 spiro atoms. The number of benzene rings is 2. The van der Waals surface area contributed by atoms with Crippen LogP contribution in [0.4, 0.5) is 0 Å². The van der Waals surface area contributed by atoms with E-state index in [1.165, 1.54) is 33.4 Å². The normalized spacial score (nSPS) is 12.9. The van der Waals surface area contributed by atoms with Crippen LogP contribution in [0.3, 0.4) is 0 Å². The van der Waals surface area contributed by atoms with E-state index >= 15 is 0 Å². The van der Waals surface area contributed by atoms with Gasteiger partial charge in [0.05, 0.1) is 0 Å². The van der Waals surface area contributed by atoms with Crippen molar-refractivity contribution >= 4 is 5.43 Å². The minimum atomic E-state index is 0.0663. The minimum absolute atomic E-state index is 0.0663. The van der Waals surface area contributed by atoms with Crippen LogP contribution in [0.25, 0.3) is 11.1 Å². The van der Waals surface area contributed by atoms with Crippen molar-refractivity contribution in [1.29, 1.82) is 0 Å². The SMILES string of the molecule is CC(C)[Si](=[Zr+2])C(C)C.Cc1[c-]c2c(cc1)-c1ccc(C)cc1C2.[C-]1=CC=CC1. The van der Waals surface area contributed by atoms with Crippen molar-refractivity contribution in [3.63, 3.8) is 0 Å². The van der Waals surface area contributed by atoms with Crippen LogP contribution in [-0.4, -0.2) is 5.43 Å². The van der Waals surface area contributed by atoms with Gasteiger partial charge in [-0.25, -0.2) is 12.2 Å². The summed E-state index contributed by atoms with van der Waals surface area (Å²) in [5.41, 5.74) is 10.2. The Hall–Kier alpha value is -0.980. The fourth-order valence-electron chi connectivity index (χ4n) is 3.38. The van der Waals surface area contributed by atoms with Crippen LogP contribution < -0.4 is 0 Å². The van der Waals surface area contributed by atoms with Gasteiger partial charge in [0.1, 0.15) is 0 Å². The first-order valence-electron chi connectivity index (χ1n) is 10.2. The molecule has 4 rings (SSSR count). The Morgan fingerprint density at radius 3 is 2.14 bits per heavy atom. The molecule has 144 valence electrons. The van der Waals surface area contributed by atoms with E-state index in [1.807, 2.05) is 12.2 Å². The smallest absolute Gasteiger partial charge is 0.0253 e. The van der Waals surface area contributed by atoms with E-state index < -0.39 is 0 Å². The molecule has 0 saturated heterocycles. The summed E-state index contributed by atoms with van der Waals surface area (Å²) in [6, 6.07) is 14.5. The summed E-state index contributed by atoms with van der Waals surface area (Å²) in [7, 11) is 0. The van der Waals surface area contributed by atoms with E-state index in [-0.39, 0.29) is 5.43 Å². The van der Waals surface area contributed by atoms with Gasteiger partial charge in [-0.3, -0.25) is 6.08 Å². The quantitative estimate of drug-likeness (QED) is 0.276. The summed E-state index contributed by atoms with van der Waals surface area (Å²) in [5, 5.41) is 0. The molecule has 2 heteroatoms. The maximum Gasteiger partial charge on any atom is -0.0253 e. The summed E-state index contributed by atoms with van der Waals surface area (Å²) in [4.78, 5) is 0. The molecule has 2 aromatic rings. The molecule has 0 unspecified atom stereocenters. The van der Waals surface area contributed by atoms with E-state index in [9.17, 15) is 0 Å². The molecule has 0 saturated carbocycles. The molecular formula is C26H32SiZr. The molecule has 2 aromatic carbocycles. The van der Waals surface area contributed by atoms with Gasteiger partial charge in [-0.2, -0.15) is 29.8 Å². The van der Waals surface area contributed by atoms with Crippen LogP contribution in [0.1, 0.15) is 56.4 Å². The maximum absolute atomic E-state index is 3.45. The van der Waals surface area contributed by atoms with E-state index in [0.717, 1.165) is 23.9 Å². The fraction of sp³-hybridized carbons (Fsp3) is 0.385. The zero-order chi connectivity index (χ0) is 20.7. The van der Waals surface area contributed by atoms with Gasteiger partial charge in [0.2, 0.25) is 0 Å². The van der Waals surface area contributed by atoms with Crippen LogP contribution in [0.15, 0.2) is 48.6 Å². The van der Waals surface area contributed by atoms with Gasteiger partial charge in [-0.05, 0) is 18.9 Å². The van der Waals surface area contributed by atoms with Gasteiger partial charge in [0.15, 0.2) is 0 Å². The van der Waals surface area contributed by atoms with Gasteiger partial charge in [0.25, 0.3) is 0 Å². The maximum atomic E-state index is 3.45. The first-order chi connectivity index (χ1) is 13.3. The van der Waals surface area contributed by atoms with Crippen molar-refractivity contribution in [2.45, 2.75) is 65.5 Å². The monoisotopic (exact) mass is 462 g/mol. The van der Waals surface area contributed by atoms with Gasteiger partial charge in [0, 0.05) is 0 Å². The van der Waals surface area contributed by atoms with Crippen LogP contribution in [-0.2, 0) is 29.8 Å². The number of hydrogen-bond acceptors (Lipinski definition) is 0. The van der Waals surface area contributed by atoms with Crippen molar-refractivity contribution < 1.29 is 23.3 Å². The molecule has 0 fully saturated rings. The number of allylic oxidation sites excluding steroid dienone is 4. The van der Waals surface area contributed by atoms with Crippen molar-refractivity contribution in [3.8, 4) is 11.1 Å². The number of rotatable bonds is 2. The third-order valence-corrected chi connectivity index (χ3v) is 15.9. The summed E-state index contributed by atoms with van der Waals surface area (Å²) < 4.78 is 0. The molecule has 0 heterocycles. The van der Waals surface area contributed by atoms with Crippen LogP contribution in [0.2, 0.25) is 11.1 Å². The van der Waals surface area contributed by atoms with Gasteiger partial charge < -0.3 is 0 Å². The molecule has 0 bridgehead atoms. The Balaban J connectivity index is 0.000000181. The van der Waals surface area contributed by atoms with Crippen molar-refractivity contribution in [2.75, 3.05) is 0 Å². The molecule has 0 aromatic heterocycles. The standard InChI is InChI=1S/C15H13.C6H14Si.C5H5.Zr/c1-10-3-5-14-12(7-10)9-13-8-11(2)4-6-15(13)14;1-5(2)7-6(3)4;1-2-4-5-3-1;/h3-7H,9H2,1-2H3;5-6H,1-4H3;1-3H,4H2;/q-1;;-1;+2. The zero-order valence-electron chi connectivity index (χ0n) is 18.2. The molecular weight excluding hydrogens is 432 g/mol. The predicted octanol–water partition coefficient (Wildman–Crippen LogP) is 7.33. The fourth-order valence-corrected chi connectivity index (χ4v) is 4.71. The topological polar surface area (TPSA) is 0 Å². The summed E-state index contributed by atoms with van der Waals surface area (Å²) in [6.45, 7) is 13.7.